The number of aromatic nitrogens is 2. The molecule has 0 fully saturated rings. The van der Waals surface area contributed by atoms with Crippen LogP contribution in [0.2, 0.25) is 0 Å². The van der Waals surface area contributed by atoms with E-state index in [2.05, 4.69) is 10.3 Å². The highest BCUT2D eigenvalue weighted by atomic mass is 16.5. The van der Waals surface area contributed by atoms with Crippen molar-refractivity contribution in [3.63, 3.8) is 0 Å². The maximum atomic E-state index is 13.3. The number of carbonyl (C=O) groups excluding carboxylic acids is 2. The van der Waals surface area contributed by atoms with Crippen LogP contribution in [-0.2, 0) is 16.1 Å². The number of methoxy groups -OCH3 is 1. The van der Waals surface area contributed by atoms with Gasteiger partial charge in [-0.3, -0.25) is 23.9 Å². The molecule has 0 radical (unpaired) electrons. The molecule has 0 unspecified atom stereocenters. The van der Waals surface area contributed by atoms with Crippen molar-refractivity contribution >= 4 is 28.9 Å². The Morgan fingerprint density at radius 3 is 2.46 bits per heavy atom. The van der Waals surface area contributed by atoms with Crippen LogP contribution >= 0.6 is 0 Å². The molecule has 35 heavy (non-hydrogen) atoms. The van der Waals surface area contributed by atoms with Crippen LogP contribution in [-0.4, -0.2) is 48.0 Å². The number of nitrogens with two attached hydrogens (primary N) is 1. The van der Waals surface area contributed by atoms with E-state index in [0.717, 1.165) is 5.56 Å². The van der Waals surface area contributed by atoms with Gasteiger partial charge in [0.2, 0.25) is 5.91 Å². The van der Waals surface area contributed by atoms with Crippen LogP contribution in [0, 0.1) is 0 Å². The molecule has 4 N–H and O–H groups in total. The Labute approximate surface area is 202 Å². The van der Waals surface area contributed by atoms with E-state index >= 15 is 0 Å². The number of rotatable bonds is 11. The molecule has 0 aliphatic heterocycles. The van der Waals surface area contributed by atoms with Gasteiger partial charge < -0.3 is 20.7 Å². The summed E-state index contributed by atoms with van der Waals surface area (Å²) in [6.07, 6.45) is 0.433. The molecule has 0 saturated carbocycles. The lowest BCUT2D eigenvalue weighted by Gasteiger charge is -2.25. The van der Waals surface area contributed by atoms with Gasteiger partial charge in [0, 0.05) is 31.5 Å². The number of H-pyrrole nitrogens is 1. The molecule has 1 heterocycles. The summed E-state index contributed by atoms with van der Waals surface area (Å²) in [6, 6.07) is 16.0. The van der Waals surface area contributed by atoms with Gasteiger partial charge >= 0.3 is 5.69 Å². The number of ether oxygens (including phenoxy) is 1. The van der Waals surface area contributed by atoms with Gasteiger partial charge in [-0.1, -0.05) is 42.5 Å². The van der Waals surface area contributed by atoms with Gasteiger partial charge in [-0.05, 0) is 31.0 Å². The topological polar surface area (TPSA) is 140 Å². The van der Waals surface area contributed by atoms with Crippen molar-refractivity contribution in [1.82, 2.24) is 9.55 Å². The summed E-state index contributed by atoms with van der Waals surface area (Å²) in [6.45, 7) is 1.86. The molecule has 0 bridgehead atoms. The largest absolute Gasteiger partial charge is 0.385 e. The monoisotopic (exact) mass is 479 g/mol. The Hall–Kier alpha value is -4.18. The minimum Gasteiger partial charge on any atom is -0.385 e. The van der Waals surface area contributed by atoms with Crippen LogP contribution in [0.1, 0.15) is 29.3 Å². The Balaban J connectivity index is 1.95. The smallest absolute Gasteiger partial charge is 0.330 e. The quantitative estimate of drug-likeness (QED) is 0.282. The summed E-state index contributed by atoms with van der Waals surface area (Å²) >= 11 is 0. The molecule has 3 aromatic rings. The van der Waals surface area contributed by atoms with E-state index in [4.69, 9.17) is 10.5 Å². The summed E-state index contributed by atoms with van der Waals surface area (Å²) in [5.74, 6) is -0.717. The fraction of sp³-hybridized carbons (Fsp3) is 0.280. The van der Waals surface area contributed by atoms with Crippen LogP contribution in [0.25, 0.3) is 0 Å². The first-order chi connectivity index (χ1) is 16.8. The van der Waals surface area contributed by atoms with Gasteiger partial charge in [0.15, 0.2) is 11.5 Å². The van der Waals surface area contributed by atoms with Crippen LogP contribution in [0.4, 0.5) is 17.2 Å². The number of Topliss-reactive ketones (excluding diaryl/α,β-unsaturated/α-hetero) is 1. The number of aromatic amines is 1. The maximum Gasteiger partial charge on any atom is 0.330 e. The zero-order chi connectivity index (χ0) is 25.4. The zero-order valence-electron chi connectivity index (χ0n) is 19.7. The molecule has 0 aliphatic rings. The summed E-state index contributed by atoms with van der Waals surface area (Å²) in [4.78, 5) is 54.1. The molecule has 1 aromatic heterocycles. The number of hydrogen-bond donors (Lipinski definition) is 3. The third kappa shape index (κ3) is 6.24. The van der Waals surface area contributed by atoms with E-state index in [1.807, 2.05) is 30.3 Å². The summed E-state index contributed by atoms with van der Waals surface area (Å²) in [7, 11) is 1.54. The molecule has 0 spiro atoms. The van der Waals surface area contributed by atoms with Crippen molar-refractivity contribution in [2.75, 3.05) is 42.8 Å². The predicted molar refractivity (Wildman–Crippen MR) is 135 cm³/mol. The third-order valence-electron chi connectivity index (χ3n) is 5.44. The van der Waals surface area contributed by atoms with E-state index in [0.29, 0.717) is 24.3 Å². The van der Waals surface area contributed by atoms with Gasteiger partial charge in [-0.2, -0.15) is 0 Å². The van der Waals surface area contributed by atoms with Crippen molar-refractivity contribution in [3.8, 4) is 0 Å². The number of carbonyl (C=O) groups is 2. The Morgan fingerprint density at radius 2 is 1.77 bits per heavy atom. The number of hydrogen-bond acceptors (Lipinski definition) is 7. The lowest BCUT2D eigenvalue weighted by Crippen LogP contribution is -2.44. The number of para-hydroxylation sites is 1. The minimum atomic E-state index is -0.758. The lowest BCUT2D eigenvalue weighted by atomic mass is 10.1. The summed E-state index contributed by atoms with van der Waals surface area (Å²) in [5, 5.41) is 2.97. The van der Waals surface area contributed by atoms with Crippen LogP contribution in [0.5, 0.6) is 0 Å². The molecular weight excluding hydrogens is 450 g/mol. The van der Waals surface area contributed by atoms with E-state index in [1.54, 1.807) is 24.3 Å². The summed E-state index contributed by atoms with van der Waals surface area (Å²) < 4.78 is 6.32. The van der Waals surface area contributed by atoms with Crippen LogP contribution in [0.3, 0.4) is 0 Å². The Bertz CT molecular complexity index is 1300. The number of nitrogens with zero attached hydrogens (tertiary/aromatic N) is 2. The van der Waals surface area contributed by atoms with Gasteiger partial charge in [0.25, 0.3) is 5.56 Å². The molecule has 0 saturated heterocycles. The van der Waals surface area contributed by atoms with E-state index < -0.39 is 17.2 Å². The van der Waals surface area contributed by atoms with E-state index in [9.17, 15) is 19.2 Å². The summed E-state index contributed by atoms with van der Waals surface area (Å²) in [5.41, 5.74) is 6.52. The van der Waals surface area contributed by atoms with Crippen molar-refractivity contribution in [3.05, 3.63) is 86.6 Å². The number of amides is 1. The van der Waals surface area contributed by atoms with Gasteiger partial charge in [-0.25, -0.2) is 4.79 Å². The fourth-order valence-electron chi connectivity index (χ4n) is 3.70. The number of ketones is 1. The highest BCUT2D eigenvalue weighted by Crippen LogP contribution is 2.20. The number of anilines is 3. The lowest BCUT2D eigenvalue weighted by molar-refractivity contribution is -0.117. The van der Waals surface area contributed by atoms with E-state index in [1.165, 1.54) is 23.5 Å². The van der Waals surface area contributed by atoms with Crippen molar-refractivity contribution in [2.24, 2.45) is 0 Å². The zero-order valence-corrected chi connectivity index (χ0v) is 19.7. The first-order valence-electron chi connectivity index (χ1n) is 11.1. The maximum absolute atomic E-state index is 13.3. The molecule has 0 atom stereocenters. The average molecular weight is 480 g/mol. The average Bonchev–Trinajstić information content (AvgIpc) is 2.85. The normalized spacial score (nSPS) is 10.7. The molecule has 2 aromatic carbocycles. The van der Waals surface area contributed by atoms with E-state index in [-0.39, 0.29) is 36.9 Å². The highest BCUT2D eigenvalue weighted by Gasteiger charge is 2.24. The molecule has 184 valence electrons. The van der Waals surface area contributed by atoms with Crippen LogP contribution < -0.4 is 27.2 Å². The molecule has 3 rings (SSSR count). The second-order valence-electron chi connectivity index (χ2n) is 7.91. The SMILES string of the molecule is COCCCN(C(=O)CNc1ccccc1C(C)=O)c1c(N)n(Cc2ccccc2)c(=O)[nH]c1=O. The predicted octanol–water partition coefficient (Wildman–Crippen LogP) is 1.85. The number of nitrogens with one attached hydrogen (secondary N) is 2. The minimum absolute atomic E-state index is 0.108. The highest BCUT2D eigenvalue weighted by molar-refractivity contribution is 6.01. The number of nitrogen functional groups attached to an aromatic ring is 1. The van der Waals surface area contributed by atoms with Gasteiger partial charge in [-0.15, -0.1) is 0 Å². The molecule has 1 amide bonds. The molecule has 10 heteroatoms. The van der Waals surface area contributed by atoms with Crippen LogP contribution in [0.15, 0.2) is 64.2 Å². The fourth-order valence-corrected chi connectivity index (χ4v) is 3.70. The standard InChI is InChI=1S/C25H29N5O5/c1-17(31)19-11-6-7-12-20(19)27-15-21(32)29(13-8-14-35-2)22-23(26)30(25(34)28-24(22)33)16-18-9-4-3-5-10-18/h3-7,9-12,27H,8,13-16,26H2,1-2H3,(H,28,33,34). The third-order valence-corrected chi connectivity index (χ3v) is 5.44. The van der Waals surface area contributed by atoms with Crippen molar-refractivity contribution in [1.29, 1.82) is 0 Å². The van der Waals surface area contributed by atoms with Crippen molar-refractivity contribution in [2.45, 2.75) is 19.9 Å². The van der Waals surface area contributed by atoms with Crippen molar-refractivity contribution < 1.29 is 14.3 Å². The second-order valence-corrected chi connectivity index (χ2v) is 7.91. The Kier molecular flexibility index (Phi) is 8.58. The Morgan fingerprint density at radius 1 is 1.09 bits per heavy atom. The molecule has 0 aliphatic carbocycles. The first kappa shape index (κ1) is 25.4. The molecular formula is C25H29N5O5. The van der Waals surface area contributed by atoms with Gasteiger partial charge in [0.1, 0.15) is 5.82 Å². The first-order valence-corrected chi connectivity index (χ1v) is 11.1. The van der Waals surface area contributed by atoms with Gasteiger partial charge in [0.05, 0.1) is 13.1 Å². The molecule has 10 nitrogen and oxygen atoms in total. The second kappa shape index (κ2) is 11.8. The number of benzene rings is 2.